The summed E-state index contributed by atoms with van der Waals surface area (Å²) in [5.41, 5.74) is 8.71. The van der Waals surface area contributed by atoms with Gasteiger partial charge in [0.25, 0.3) is 0 Å². The Bertz CT molecular complexity index is 2900. The molecule has 26 heteroatoms. The third kappa shape index (κ3) is 13.9. The van der Waals surface area contributed by atoms with Gasteiger partial charge in [-0.1, -0.05) is 0 Å². The number of rotatable bonds is 12. The molecule has 0 unspecified atom stereocenters. The zero-order valence-electron chi connectivity index (χ0n) is 45.1. The quantitative estimate of drug-likeness (QED) is 0.0690. The first kappa shape index (κ1) is 57.5. The molecule has 4 fully saturated rings. The number of nitrogens with zero attached hydrogens (tertiary/aromatic N) is 14. The molecule has 22 nitrogen and oxygen atoms in total. The molecule has 4 aliphatic rings. The zero-order chi connectivity index (χ0) is 54.0. The van der Waals surface area contributed by atoms with Crippen LogP contribution in [0.2, 0.25) is 5.28 Å². The number of hydrogen-bond acceptors (Lipinski definition) is 20. The van der Waals surface area contributed by atoms with Gasteiger partial charge in [0, 0.05) is 83.0 Å². The van der Waals surface area contributed by atoms with E-state index in [0.717, 1.165) is 43.0 Å². The van der Waals surface area contributed by atoms with E-state index in [-0.39, 0.29) is 81.7 Å². The monoisotopic (exact) mass is 1090 g/mol. The maximum Gasteiger partial charge on any atom is 0.229 e. The summed E-state index contributed by atoms with van der Waals surface area (Å²) in [6, 6.07) is 11.3. The van der Waals surface area contributed by atoms with Crippen molar-refractivity contribution in [2.24, 2.45) is 14.1 Å². The van der Waals surface area contributed by atoms with E-state index in [0.29, 0.717) is 61.0 Å². The minimum absolute atomic E-state index is 0. The molecule has 412 valence electrons. The topological polar surface area (TPSA) is 244 Å². The number of piperidine rings is 2. The predicted molar refractivity (Wildman–Crippen MR) is 288 cm³/mol. The fourth-order valence-electron chi connectivity index (χ4n) is 10.0. The average Bonchev–Trinajstić information content (AvgIpc) is 3.94. The van der Waals surface area contributed by atoms with Crippen LogP contribution in [0.1, 0.15) is 81.1 Å². The van der Waals surface area contributed by atoms with Crippen LogP contribution >= 0.6 is 24.0 Å². The van der Waals surface area contributed by atoms with Crippen molar-refractivity contribution in [3.8, 4) is 34.3 Å². The molecule has 0 saturated carbocycles. The lowest BCUT2D eigenvalue weighted by atomic mass is 9.77. The fraction of sp³-hybridized carbons (Fsp3) is 0.560. The number of nitrogens with two attached hydrogens (primary N) is 1. The number of hydrogen-bond donors (Lipinski definition) is 4. The van der Waals surface area contributed by atoms with Crippen LogP contribution in [-0.2, 0) is 23.6 Å². The summed E-state index contributed by atoms with van der Waals surface area (Å²) in [7, 11) is 7.82. The molecule has 8 heterocycles. The van der Waals surface area contributed by atoms with Gasteiger partial charge in [0.1, 0.15) is 23.7 Å². The summed E-state index contributed by atoms with van der Waals surface area (Å²) < 4.78 is 53.7. The Balaban J connectivity index is 0.000000182. The number of tetrazole rings is 2. The van der Waals surface area contributed by atoms with Crippen molar-refractivity contribution < 1.29 is 27.7 Å². The van der Waals surface area contributed by atoms with Crippen molar-refractivity contribution >= 4 is 53.0 Å². The molecule has 5 N–H and O–H groups in total. The van der Waals surface area contributed by atoms with Crippen molar-refractivity contribution in [2.45, 2.75) is 128 Å². The van der Waals surface area contributed by atoms with Gasteiger partial charge < -0.3 is 40.6 Å². The van der Waals surface area contributed by atoms with E-state index in [2.05, 4.69) is 146 Å². The molecule has 6 aromatic rings. The van der Waals surface area contributed by atoms with Crippen molar-refractivity contribution in [2.75, 3.05) is 62.2 Å². The summed E-state index contributed by atoms with van der Waals surface area (Å²) in [6.07, 6.45) is 5.92. The van der Waals surface area contributed by atoms with E-state index >= 15 is 0 Å². The molecule has 0 amide bonds. The Kier molecular flexibility index (Phi) is 17.6. The molecule has 4 saturated heterocycles. The number of nitrogen functional groups attached to an aromatic ring is 1. The minimum atomic E-state index is -0.493. The van der Waals surface area contributed by atoms with Gasteiger partial charge in [-0.05, 0) is 152 Å². The highest BCUT2D eigenvalue weighted by molar-refractivity contribution is 6.28. The van der Waals surface area contributed by atoms with Crippen LogP contribution < -0.4 is 31.2 Å². The second kappa shape index (κ2) is 23.2. The number of anilines is 5. The summed E-state index contributed by atoms with van der Waals surface area (Å²) in [5, 5.41) is 32.9. The molecule has 76 heavy (non-hydrogen) atoms. The van der Waals surface area contributed by atoms with Gasteiger partial charge in [-0.2, -0.15) is 9.97 Å². The molecule has 2 aromatic carbocycles. The standard InChI is InChI=1S/C25H34FN9O2.C14H22ClFN4.C11H13N5O2.ClH/c1-24(2)10-17(11-25(3,4)35(24)6)28-21-20(26)12-27-23(30-21)29-16-7-15(22-31-32-33-34(22)5)8-18(9-16)37-19-13-36-14-19;1-13(2)6-9(7-14(3,4)20(13)5)18-11-10(16)8-17-12(15)19-11;1-16-11(13-14-15-16)7-2-8(12)4-9(3-7)18-10-5-17-6-10;/h7-9,12,17,19H,10-11,13-14H2,1-6H3,(H2,27,28,29,30);8-9H,6-7H2,1-5H3,(H,17,18,19);2-4,10H,5-6,12H2,1H3;1H. The minimum Gasteiger partial charge on any atom is -0.485 e. The second-order valence-electron chi connectivity index (χ2n) is 22.1. The molecular weight excluding hydrogens is 1030 g/mol. The number of nitrogens with one attached hydrogen (secondary N) is 3. The zero-order valence-corrected chi connectivity index (χ0v) is 46.7. The molecule has 10 rings (SSSR count). The molecule has 0 aliphatic carbocycles. The third-order valence-electron chi connectivity index (χ3n) is 14.4. The first-order valence-electron chi connectivity index (χ1n) is 24.8. The molecule has 0 bridgehead atoms. The van der Waals surface area contributed by atoms with Crippen LogP contribution in [-0.4, -0.2) is 157 Å². The Morgan fingerprint density at radius 3 is 1.49 bits per heavy atom. The molecule has 0 spiro atoms. The molecule has 4 aliphatic heterocycles. The average molecular weight is 1100 g/mol. The van der Waals surface area contributed by atoms with Crippen LogP contribution in [0.5, 0.6) is 11.5 Å². The van der Waals surface area contributed by atoms with Crippen molar-refractivity contribution in [1.29, 1.82) is 0 Å². The first-order valence-corrected chi connectivity index (χ1v) is 25.2. The maximum absolute atomic E-state index is 14.8. The van der Waals surface area contributed by atoms with Crippen molar-refractivity contribution in [3.05, 3.63) is 65.7 Å². The number of ether oxygens (including phenoxy) is 4. The van der Waals surface area contributed by atoms with E-state index in [1.165, 1.54) is 6.20 Å². The van der Waals surface area contributed by atoms with E-state index in [1.807, 2.05) is 30.3 Å². The van der Waals surface area contributed by atoms with Gasteiger partial charge >= 0.3 is 0 Å². The van der Waals surface area contributed by atoms with E-state index < -0.39 is 11.6 Å². The van der Waals surface area contributed by atoms with E-state index in [9.17, 15) is 8.78 Å². The molecule has 0 atom stereocenters. The summed E-state index contributed by atoms with van der Waals surface area (Å²) in [4.78, 5) is 21.0. The second-order valence-corrected chi connectivity index (χ2v) is 22.4. The number of aromatic nitrogens is 12. The number of likely N-dealkylation sites (tertiary alicyclic amines) is 2. The van der Waals surface area contributed by atoms with Gasteiger partial charge in [-0.15, -0.1) is 22.6 Å². The smallest absolute Gasteiger partial charge is 0.229 e. The highest BCUT2D eigenvalue weighted by atomic mass is 35.5. The maximum atomic E-state index is 14.8. The van der Waals surface area contributed by atoms with Crippen LogP contribution in [0, 0.1) is 11.6 Å². The number of halogens is 4. The van der Waals surface area contributed by atoms with Crippen molar-refractivity contribution in [3.63, 3.8) is 0 Å². The first-order chi connectivity index (χ1) is 35.3. The lowest BCUT2D eigenvalue weighted by Crippen LogP contribution is -2.61. The Labute approximate surface area is 453 Å². The Morgan fingerprint density at radius 2 is 1.05 bits per heavy atom. The normalized spacial score (nSPS) is 19.3. The SMILES string of the molecule is CN1C(C)(C)CC(Nc2nc(Cl)ncc2F)CC1(C)C.CN1C(C)(C)CC(Nc2nc(Nc3cc(OC4COC4)cc(-c4nnnn4C)c3)ncc2F)CC1(C)C.Cl.Cn1nnnc1-c1cc(N)cc(OC2COC2)c1. The Morgan fingerprint density at radius 1 is 0.618 bits per heavy atom. The lowest BCUT2D eigenvalue weighted by molar-refractivity contribution is -0.0796. The molecule has 4 aromatic heterocycles. The number of benzene rings is 2. The van der Waals surface area contributed by atoms with Crippen LogP contribution in [0.4, 0.5) is 37.7 Å². The third-order valence-corrected chi connectivity index (χ3v) is 14.6. The summed E-state index contributed by atoms with van der Waals surface area (Å²) >= 11 is 5.73. The number of aryl methyl sites for hydroxylation is 2. The van der Waals surface area contributed by atoms with Crippen LogP contribution in [0.25, 0.3) is 22.8 Å². The lowest BCUT2D eigenvalue weighted by Gasteiger charge is -2.53. The van der Waals surface area contributed by atoms with Crippen molar-refractivity contribution in [1.82, 2.24) is 70.2 Å². The largest absolute Gasteiger partial charge is 0.485 e. The fourth-order valence-corrected chi connectivity index (χ4v) is 10.2. The van der Waals surface area contributed by atoms with Gasteiger partial charge in [0.05, 0.1) is 38.8 Å². The predicted octanol–water partition coefficient (Wildman–Crippen LogP) is 7.38. The molecular formula is C50H70Cl2F2N18O4. The van der Waals surface area contributed by atoms with Crippen LogP contribution in [0.15, 0.2) is 48.8 Å². The summed E-state index contributed by atoms with van der Waals surface area (Å²) in [6.45, 7) is 20.0. The highest BCUT2D eigenvalue weighted by Gasteiger charge is 2.44. The van der Waals surface area contributed by atoms with Gasteiger partial charge in [-0.3, -0.25) is 9.80 Å². The van der Waals surface area contributed by atoms with E-state index in [1.54, 1.807) is 29.5 Å². The molecule has 0 radical (unpaired) electrons. The van der Waals surface area contributed by atoms with Gasteiger partial charge in [-0.25, -0.2) is 28.1 Å². The van der Waals surface area contributed by atoms with E-state index in [4.69, 9.17) is 36.3 Å². The summed E-state index contributed by atoms with van der Waals surface area (Å²) in [5.74, 6) is 2.24. The van der Waals surface area contributed by atoms with Gasteiger partial charge in [0.15, 0.2) is 34.9 Å². The van der Waals surface area contributed by atoms with Crippen LogP contribution in [0.3, 0.4) is 0 Å². The Hall–Kier alpha value is -6.18. The van der Waals surface area contributed by atoms with Gasteiger partial charge in [0.2, 0.25) is 11.2 Å². The highest BCUT2D eigenvalue weighted by Crippen LogP contribution is 2.40.